The van der Waals surface area contributed by atoms with Crippen LogP contribution in [0.5, 0.6) is 11.5 Å². The van der Waals surface area contributed by atoms with Gasteiger partial charge < -0.3 is 9.47 Å². The van der Waals surface area contributed by atoms with Gasteiger partial charge in [-0.3, -0.25) is 0 Å². The van der Waals surface area contributed by atoms with E-state index >= 15 is 0 Å². The predicted octanol–water partition coefficient (Wildman–Crippen LogP) is 7.54. The average Bonchev–Trinajstić information content (AvgIpc) is 2.94. The molecular formula is C28H10F8O4. The van der Waals surface area contributed by atoms with E-state index in [9.17, 15) is 44.7 Å². The maximum Gasteiger partial charge on any atom is 0.346 e. The Balaban J connectivity index is 1.60. The Morgan fingerprint density at radius 2 is 0.850 bits per heavy atom. The van der Waals surface area contributed by atoms with Crippen molar-refractivity contribution in [1.29, 1.82) is 0 Å². The topological polar surface area (TPSA) is 52.6 Å². The number of esters is 2. The van der Waals surface area contributed by atoms with Crippen LogP contribution in [0.15, 0.2) is 60.7 Å². The minimum absolute atomic E-state index is 0.0118. The highest BCUT2D eigenvalue weighted by Crippen LogP contribution is 2.37. The van der Waals surface area contributed by atoms with Gasteiger partial charge in [-0.2, -0.15) is 0 Å². The summed E-state index contributed by atoms with van der Waals surface area (Å²) in [7, 11) is 0. The highest BCUT2D eigenvalue weighted by Gasteiger charge is 2.27. The van der Waals surface area contributed by atoms with Crippen LogP contribution in [0, 0.1) is 46.5 Å². The molecule has 0 N–H and O–H groups in total. The van der Waals surface area contributed by atoms with Crippen LogP contribution in [0.4, 0.5) is 35.1 Å². The highest BCUT2D eigenvalue weighted by molar-refractivity contribution is 6.06. The van der Waals surface area contributed by atoms with Gasteiger partial charge >= 0.3 is 11.9 Å². The van der Waals surface area contributed by atoms with Gasteiger partial charge in [0.05, 0.1) is 0 Å². The Bertz CT molecular complexity index is 1750. The lowest BCUT2D eigenvalue weighted by Crippen LogP contribution is -2.15. The molecule has 0 spiro atoms. The van der Waals surface area contributed by atoms with Gasteiger partial charge in [0.25, 0.3) is 0 Å². The van der Waals surface area contributed by atoms with Crippen molar-refractivity contribution in [1.82, 2.24) is 0 Å². The van der Waals surface area contributed by atoms with Crippen molar-refractivity contribution in [2.75, 3.05) is 0 Å². The van der Waals surface area contributed by atoms with E-state index in [4.69, 9.17) is 9.47 Å². The van der Waals surface area contributed by atoms with Crippen LogP contribution in [0.2, 0.25) is 0 Å². The summed E-state index contributed by atoms with van der Waals surface area (Å²) in [5.41, 5.74) is -2.51. The summed E-state index contributed by atoms with van der Waals surface area (Å²) < 4.78 is 120. The molecule has 4 nitrogen and oxygen atoms in total. The molecule has 0 amide bonds. The minimum atomic E-state index is -2.23. The molecule has 0 bridgehead atoms. The number of hydrogen-bond donors (Lipinski definition) is 0. The summed E-state index contributed by atoms with van der Waals surface area (Å²) in [6.07, 6.45) is 0. The molecule has 0 radical (unpaired) electrons. The van der Waals surface area contributed by atoms with E-state index in [1.165, 1.54) is 12.1 Å². The van der Waals surface area contributed by atoms with E-state index in [2.05, 4.69) is 0 Å². The van der Waals surface area contributed by atoms with Gasteiger partial charge in [0.15, 0.2) is 46.5 Å². The van der Waals surface area contributed by atoms with Gasteiger partial charge in [-0.15, -0.1) is 0 Å². The third kappa shape index (κ3) is 4.46. The summed E-state index contributed by atoms with van der Waals surface area (Å²) >= 11 is 0. The van der Waals surface area contributed by atoms with E-state index in [-0.39, 0.29) is 34.4 Å². The zero-order valence-electron chi connectivity index (χ0n) is 19.4. The van der Waals surface area contributed by atoms with Gasteiger partial charge in [-0.1, -0.05) is 24.3 Å². The van der Waals surface area contributed by atoms with Crippen LogP contribution in [-0.4, -0.2) is 11.9 Å². The van der Waals surface area contributed by atoms with Crippen molar-refractivity contribution in [2.24, 2.45) is 0 Å². The number of rotatable bonds is 4. The van der Waals surface area contributed by atoms with E-state index in [0.717, 1.165) is 12.1 Å². The number of carbonyl (C=O) groups excluding carboxylic acids is 2. The van der Waals surface area contributed by atoms with Crippen LogP contribution >= 0.6 is 0 Å². The Morgan fingerprint density at radius 3 is 1.23 bits per heavy atom. The molecule has 0 unspecified atom stereocenters. The third-order valence-corrected chi connectivity index (χ3v) is 5.85. The molecule has 0 atom stereocenters. The first kappa shape index (κ1) is 26.6. The van der Waals surface area contributed by atoms with Crippen molar-refractivity contribution in [3.63, 3.8) is 0 Å². The monoisotopic (exact) mass is 562 g/mol. The van der Waals surface area contributed by atoms with Crippen LogP contribution < -0.4 is 9.47 Å². The molecule has 0 saturated carbocycles. The summed E-state index contributed by atoms with van der Waals surface area (Å²) in [5, 5.41) is 1.12. The normalized spacial score (nSPS) is 11.2. The summed E-state index contributed by atoms with van der Waals surface area (Å²) in [4.78, 5) is 25.2. The van der Waals surface area contributed by atoms with Crippen LogP contribution in [0.1, 0.15) is 20.7 Å². The van der Waals surface area contributed by atoms with Gasteiger partial charge in [0.2, 0.25) is 0 Å². The van der Waals surface area contributed by atoms with Crippen molar-refractivity contribution in [2.45, 2.75) is 0 Å². The number of ether oxygens (including phenoxy) is 2. The van der Waals surface area contributed by atoms with E-state index in [1.54, 1.807) is 24.3 Å². The van der Waals surface area contributed by atoms with Gasteiger partial charge in [0.1, 0.15) is 22.6 Å². The van der Waals surface area contributed by atoms with Crippen molar-refractivity contribution < 1.29 is 54.2 Å². The molecule has 0 aliphatic rings. The predicted molar refractivity (Wildman–Crippen MR) is 124 cm³/mol. The Morgan fingerprint density at radius 1 is 0.475 bits per heavy atom. The lowest BCUT2D eigenvalue weighted by atomic mass is 10.0. The fourth-order valence-electron chi connectivity index (χ4n) is 3.91. The molecule has 5 rings (SSSR count). The number of benzene rings is 5. The Kier molecular flexibility index (Phi) is 6.62. The van der Waals surface area contributed by atoms with Crippen molar-refractivity contribution in [3.05, 3.63) is 118 Å². The summed E-state index contributed by atoms with van der Waals surface area (Å²) in [6, 6.07) is 11.7. The van der Waals surface area contributed by atoms with E-state index < -0.39 is 69.6 Å². The molecule has 0 saturated heterocycles. The molecule has 0 aromatic heterocycles. The Labute approximate surface area is 218 Å². The Hall–Kier alpha value is -5.00. The zero-order valence-corrected chi connectivity index (χ0v) is 19.4. The molecular weight excluding hydrogens is 552 g/mol. The first-order chi connectivity index (χ1) is 19.0. The third-order valence-electron chi connectivity index (χ3n) is 5.85. The second-order valence-electron chi connectivity index (χ2n) is 8.28. The number of fused-ring (bicyclic) bond motifs is 2. The molecule has 5 aromatic carbocycles. The SMILES string of the molecule is O=C(Oc1ccc(OC(=O)c2cc(F)c(F)c(F)c2F)c2cc3ccccc3cc12)c1cc(F)c(F)c(F)c1F. The van der Waals surface area contributed by atoms with Crippen LogP contribution in [-0.2, 0) is 0 Å². The molecule has 0 fully saturated rings. The van der Waals surface area contributed by atoms with Gasteiger partial charge in [-0.05, 0) is 47.2 Å². The summed E-state index contributed by atoms with van der Waals surface area (Å²) in [6.45, 7) is 0. The maximum atomic E-state index is 14.2. The minimum Gasteiger partial charge on any atom is -0.422 e. The molecule has 5 aromatic rings. The molecule has 0 aliphatic heterocycles. The van der Waals surface area contributed by atoms with E-state index in [1.807, 2.05) is 0 Å². The largest absolute Gasteiger partial charge is 0.422 e. The molecule has 12 heteroatoms. The number of hydrogen-bond acceptors (Lipinski definition) is 4. The summed E-state index contributed by atoms with van der Waals surface area (Å²) in [5.74, 6) is -20.3. The van der Waals surface area contributed by atoms with Crippen LogP contribution in [0.25, 0.3) is 21.5 Å². The van der Waals surface area contributed by atoms with Crippen molar-refractivity contribution >= 4 is 33.5 Å². The smallest absolute Gasteiger partial charge is 0.346 e. The second-order valence-corrected chi connectivity index (χ2v) is 8.28. The fourth-order valence-corrected chi connectivity index (χ4v) is 3.91. The number of carbonyl (C=O) groups is 2. The number of halogens is 8. The zero-order chi connectivity index (χ0) is 28.9. The first-order valence-corrected chi connectivity index (χ1v) is 11.0. The quantitative estimate of drug-likeness (QED) is 0.0567. The average molecular weight is 562 g/mol. The standard InChI is InChI=1S/C28H10F8O4/c29-17-9-15(21(31)25(35)23(17)33)27(37)39-19-5-6-20(14-8-12-4-2-1-3-11(12)7-13(14)19)40-28(38)16-10-18(30)24(34)26(36)22(16)32/h1-10H. The second kappa shape index (κ2) is 9.95. The lowest BCUT2D eigenvalue weighted by Gasteiger charge is -2.14. The molecule has 0 heterocycles. The van der Waals surface area contributed by atoms with E-state index in [0.29, 0.717) is 10.8 Å². The maximum absolute atomic E-state index is 14.2. The van der Waals surface area contributed by atoms with Crippen molar-refractivity contribution in [3.8, 4) is 11.5 Å². The van der Waals surface area contributed by atoms with Crippen LogP contribution in [0.3, 0.4) is 0 Å². The first-order valence-electron chi connectivity index (χ1n) is 11.0. The van der Waals surface area contributed by atoms with Gasteiger partial charge in [-0.25, -0.2) is 44.7 Å². The molecule has 40 heavy (non-hydrogen) atoms. The molecule has 202 valence electrons. The van der Waals surface area contributed by atoms with Gasteiger partial charge in [0, 0.05) is 10.8 Å². The molecule has 0 aliphatic carbocycles. The lowest BCUT2D eigenvalue weighted by molar-refractivity contribution is 0.0715. The fraction of sp³-hybridized carbons (Fsp3) is 0. The highest BCUT2D eigenvalue weighted by atomic mass is 19.2.